The summed E-state index contributed by atoms with van der Waals surface area (Å²) >= 11 is 0. The third-order valence-corrected chi connectivity index (χ3v) is 6.10. The molecular formula is C23H28N2O2. The first kappa shape index (κ1) is 17.9. The highest BCUT2D eigenvalue weighted by Gasteiger charge is 2.39. The lowest BCUT2D eigenvalue weighted by Crippen LogP contribution is -2.46. The van der Waals surface area contributed by atoms with Gasteiger partial charge < -0.3 is 15.4 Å². The molecule has 1 saturated carbocycles. The molecule has 4 heteroatoms. The molecule has 2 aliphatic rings. The van der Waals surface area contributed by atoms with Crippen LogP contribution in [0.25, 0.3) is 0 Å². The Kier molecular flexibility index (Phi) is 5.33. The van der Waals surface area contributed by atoms with Crippen molar-refractivity contribution in [3.05, 3.63) is 65.7 Å². The van der Waals surface area contributed by atoms with Crippen LogP contribution in [0.3, 0.4) is 0 Å². The minimum Gasteiger partial charge on any atom is -0.445 e. The monoisotopic (exact) mass is 364 g/mol. The van der Waals surface area contributed by atoms with E-state index >= 15 is 0 Å². The van der Waals surface area contributed by atoms with Crippen LogP contribution >= 0.6 is 0 Å². The average molecular weight is 364 g/mol. The molecule has 2 aromatic rings. The fraction of sp³-hybridized carbons (Fsp3) is 0.435. The average Bonchev–Trinajstić information content (AvgIpc) is 3.24. The topological polar surface area (TPSA) is 50.4 Å². The van der Waals surface area contributed by atoms with Crippen molar-refractivity contribution in [3.63, 3.8) is 0 Å². The number of ether oxygens (including phenoxy) is 1. The van der Waals surface area contributed by atoms with Crippen molar-refractivity contribution >= 4 is 11.8 Å². The maximum absolute atomic E-state index is 12.5. The molecule has 0 bridgehead atoms. The van der Waals surface area contributed by atoms with Gasteiger partial charge in [-0.05, 0) is 36.0 Å². The highest BCUT2D eigenvalue weighted by atomic mass is 16.5. The fourth-order valence-corrected chi connectivity index (χ4v) is 4.67. The number of benzene rings is 2. The maximum Gasteiger partial charge on any atom is 0.407 e. The van der Waals surface area contributed by atoms with Crippen LogP contribution in [0.1, 0.15) is 49.8 Å². The number of nitrogens with one attached hydrogen (secondary N) is 2. The zero-order chi connectivity index (χ0) is 18.6. The van der Waals surface area contributed by atoms with Crippen LogP contribution in [0.15, 0.2) is 54.6 Å². The summed E-state index contributed by atoms with van der Waals surface area (Å²) in [4.78, 5) is 12.5. The number of anilines is 1. The second kappa shape index (κ2) is 8.03. The lowest BCUT2D eigenvalue weighted by molar-refractivity contribution is 0.129. The number of fused-ring (bicyclic) bond motifs is 1. The van der Waals surface area contributed by atoms with Gasteiger partial charge in [0.1, 0.15) is 6.61 Å². The number of rotatable bonds is 4. The predicted octanol–water partition coefficient (Wildman–Crippen LogP) is 5.27. The number of hydrogen-bond acceptors (Lipinski definition) is 3. The maximum atomic E-state index is 12.5. The van der Waals surface area contributed by atoms with Crippen molar-refractivity contribution in [1.29, 1.82) is 0 Å². The first-order valence-electron chi connectivity index (χ1n) is 10.0. The zero-order valence-electron chi connectivity index (χ0n) is 15.9. The molecule has 142 valence electrons. The van der Waals surface area contributed by atoms with Gasteiger partial charge in [-0.3, -0.25) is 0 Å². The Bertz CT molecular complexity index is 771. The van der Waals surface area contributed by atoms with Crippen molar-refractivity contribution in [2.24, 2.45) is 11.8 Å². The first-order valence-corrected chi connectivity index (χ1v) is 10.0. The quantitative estimate of drug-likeness (QED) is 0.776. The highest BCUT2D eigenvalue weighted by molar-refractivity contribution is 5.69. The molecule has 4 nitrogen and oxygen atoms in total. The van der Waals surface area contributed by atoms with Gasteiger partial charge in [-0.1, -0.05) is 68.3 Å². The van der Waals surface area contributed by atoms with Gasteiger partial charge in [-0.15, -0.1) is 0 Å². The molecule has 4 rings (SSSR count). The smallest absolute Gasteiger partial charge is 0.407 e. The summed E-state index contributed by atoms with van der Waals surface area (Å²) in [6.45, 7) is 2.54. The Hall–Kier alpha value is -2.49. The summed E-state index contributed by atoms with van der Waals surface area (Å²) in [5, 5.41) is 6.90. The van der Waals surface area contributed by atoms with E-state index in [-0.39, 0.29) is 12.1 Å². The summed E-state index contributed by atoms with van der Waals surface area (Å²) in [7, 11) is 0. The lowest BCUT2D eigenvalue weighted by atomic mass is 9.77. The van der Waals surface area contributed by atoms with E-state index in [9.17, 15) is 4.79 Å². The Morgan fingerprint density at radius 3 is 2.56 bits per heavy atom. The van der Waals surface area contributed by atoms with Crippen molar-refractivity contribution < 1.29 is 9.53 Å². The molecule has 3 atom stereocenters. The van der Waals surface area contributed by atoms with Gasteiger partial charge in [0, 0.05) is 17.6 Å². The number of para-hydroxylation sites is 1. The lowest BCUT2D eigenvalue weighted by Gasteiger charge is -2.41. The van der Waals surface area contributed by atoms with Gasteiger partial charge in [0.25, 0.3) is 0 Å². The van der Waals surface area contributed by atoms with Crippen LogP contribution in [-0.2, 0) is 11.3 Å². The molecular weight excluding hydrogens is 336 g/mol. The van der Waals surface area contributed by atoms with Crippen LogP contribution in [0.4, 0.5) is 10.5 Å². The summed E-state index contributed by atoms with van der Waals surface area (Å²) < 4.78 is 5.48. The Balaban J connectivity index is 1.48. The molecule has 1 heterocycles. The van der Waals surface area contributed by atoms with Crippen molar-refractivity contribution in [1.82, 2.24) is 5.32 Å². The molecule has 0 spiro atoms. The Morgan fingerprint density at radius 2 is 1.78 bits per heavy atom. The number of carbonyl (C=O) groups is 1. The number of alkyl carbamates (subject to hydrolysis) is 1. The molecule has 0 saturated heterocycles. The molecule has 0 aromatic heterocycles. The normalized spacial score (nSPS) is 24.7. The molecule has 1 fully saturated rings. The number of amides is 1. The van der Waals surface area contributed by atoms with Gasteiger partial charge in [0.15, 0.2) is 0 Å². The molecule has 0 unspecified atom stereocenters. The molecule has 1 amide bonds. The molecule has 2 N–H and O–H groups in total. The second-order valence-corrected chi connectivity index (χ2v) is 7.84. The zero-order valence-corrected chi connectivity index (χ0v) is 15.9. The number of carbonyl (C=O) groups excluding carboxylic acids is 1. The summed E-state index contributed by atoms with van der Waals surface area (Å²) in [6, 6.07) is 18.5. The van der Waals surface area contributed by atoms with E-state index < -0.39 is 0 Å². The van der Waals surface area contributed by atoms with E-state index in [0.29, 0.717) is 24.5 Å². The van der Waals surface area contributed by atoms with E-state index in [1.165, 1.54) is 25.7 Å². The minimum absolute atomic E-state index is 0.0312. The summed E-state index contributed by atoms with van der Waals surface area (Å²) in [5.74, 6) is 0.991. The van der Waals surface area contributed by atoms with Gasteiger partial charge in [0.05, 0.1) is 6.04 Å². The standard InChI is InChI=1S/C23H28N2O2/c1-16-21(18-11-5-6-12-18)24-20-14-8-7-13-19(20)22(16)25-23(26)27-15-17-9-3-2-4-10-17/h2-4,7-10,13-14,16,18,21-22,24H,5-6,11-12,15H2,1H3,(H,25,26)/t16-,21+,22+/m0/s1. The van der Waals surface area contributed by atoms with E-state index in [4.69, 9.17) is 4.74 Å². The minimum atomic E-state index is -0.349. The fourth-order valence-electron chi connectivity index (χ4n) is 4.67. The predicted molar refractivity (Wildman–Crippen MR) is 107 cm³/mol. The molecule has 1 aliphatic heterocycles. The van der Waals surface area contributed by atoms with Crippen LogP contribution in [0, 0.1) is 11.8 Å². The van der Waals surface area contributed by atoms with Crippen LogP contribution in [0.5, 0.6) is 0 Å². The summed E-state index contributed by atoms with van der Waals surface area (Å²) in [6.07, 6.45) is 4.82. The third kappa shape index (κ3) is 3.95. The third-order valence-electron chi connectivity index (χ3n) is 6.10. The van der Waals surface area contributed by atoms with Crippen LogP contribution in [-0.4, -0.2) is 12.1 Å². The van der Waals surface area contributed by atoms with Crippen molar-refractivity contribution in [3.8, 4) is 0 Å². The SMILES string of the molecule is C[C@@H]1[C@@H](NC(=O)OCc2ccccc2)c2ccccc2N[C@H]1C1CCCC1. The first-order chi connectivity index (χ1) is 13.2. The van der Waals surface area contributed by atoms with E-state index in [0.717, 1.165) is 16.8 Å². The van der Waals surface area contributed by atoms with Gasteiger partial charge in [-0.2, -0.15) is 0 Å². The molecule has 2 aromatic carbocycles. The van der Waals surface area contributed by atoms with Crippen LogP contribution in [0.2, 0.25) is 0 Å². The Labute approximate surface area is 161 Å². The van der Waals surface area contributed by atoms with Crippen molar-refractivity contribution in [2.75, 3.05) is 5.32 Å². The molecule has 27 heavy (non-hydrogen) atoms. The van der Waals surface area contributed by atoms with E-state index in [1.54, 1.807) is 0 Å². The summed E-state index contributed by atoms with van der Waals surface area (Å²) in [5.41, 5.74) is 3.28. The van der Waals surface area contributed by atoms with Crippen molar-refractivity contribution in [2.45, 2.75) is 51.3 Å². The van der Waals surface area contributed by atoms with Gasteiger partial charge >= 0.3 is 6.09 Å². The second-order valence-electron chi connectivity index (χ2n) is 7.84. The number of hydrogen-bond donors (Lipinski definition) is 2. The van der Waals surface area contributed by atoms with Gasteiger partial charge in [-0.25, -0.2) is 4.79 Å². The molecule has 0 radical (unpaired) electrons. The Morgan fingerprint density at radius 1 is 1.07 bits per heavy atom. The largest absolute Gasteiger partial charge is 0.445 e. The van der Waals surface area contributed by atoms with E-state index in [1.807, 2.05) is 36.4 Å². The van der Waals surface area contributed by atoms with E-state index in [2.05, 4.69) is 35.8 Å². The van der Waals surface area contributed by atoms with Gasteiger partial charge in [0.2, 0.25) is 0 Å². The highest BCUT2D eigenvalue weighted by Crippen LogP contribution is 2.42. The molecule has 1 aliphatic carbocycles. The van der Waals surface area contributed by atoms with Crippen LogP contribution < -0.4 is 10.6 Å².